The van der Waals surface area contributed by atoms with Gasteiger partial charge >= 0.3 is 0 Å². The van der Waals surface area contributed by atoms with Crippen LogP contribution < -0.4 is 0 Å². The Morgan fingerprint density at radius 1 is 0.244 bits per heavy atom. The van der Waals surface area contributed by atoms with Crippen LogP contribution in [0.3, 0.4) is 0 Å². The topological polar surface area (TPSA) is 13.1 Å². The molecule has 0 bridgehead atoms. The molecule has 0 aliphatic heterocycles. The number of hydrogen-bond acceptors (Lipinski definition) is 1. The summed E-state index contributed by atoms with van der Waals surface area (Å²) in [6.07, 6.45) is 0. The quantitative estimate of drug-likeness (QED) is 0.188. The highest BCUT2D eigenvalue weighted by atomic mass is 16.3. The van der Waals surface area contributed by atoms with Crippen molar-refractivity contribution in [3.05, 3.63) is 158 Å². The van der Waals surface area contributed by atoms with Crippen LogP contribution in [-0.4, -0.2) is 0 Å². The third kappa shape index (κ3) is 3.56. The van der Waals surface area contributed by atoms with Gasteiger partial charge in [-0.3, -0.25) is 0 Å². The largest absolute Gasteiger partial charge is 0.456 e. The van der Waals surface area contributed by atoms with Crippen molar-refractivity contribution in [3.8, 4) is 22.3 Å². The van der Waals surface area contributed by atoms with Gasteiger partial charge in [0.2, 0.25) is 0 Å². The lowest BCUT2D eigenvalue weighted by Gasteiger charge is -2.17. The molecule has 0 fully saturated rings. The molecule has 0 radical (unpaired) electrons. The maximum atomic E-state index is 6.16. The van der Waals surface area contributed by atoms with E-state index in [1.54, 1.807) is 0 Å². The zero-order valence-electron chi connectivity index (χ0n) is 24.4. The van der Waals surface area contributed by atoms with Gasteiger partial charge in [-0.05, 0) is 100 Å². The van der Waals surface area contributed by atoms with Gasteiger partial charge in [-0.15, -0.1) is 0 Å². The second-order valence-corrected chi connectivity index (χ2v) is 12.0. The molecule has 0 saturated carbocycles. The van der Waals surface area contributed by atoms with E-state index in [1.165, 1.54) is 70.6 Å². The summed E-state index contributed by atoms with van der Waals surface area (Å²) in [5, 5.41) is 15.4. The van der Waals surface area contributed by atoms with Crippen molar-refractivity contribution >= 4 is 75.8 Å². The summed E-state index contributed by atoms with van der Waals surface area (Å²) in [6, 6.07) is 57.3. The lowest BCUT2D eigenvalue weighted by Crippen LogP contribution is -1.89. The molecule has 10 rings (SSSR count). The minimum atomic E-state index is 0.923. The molecule has 0 amide bonds. The summed E-state index contributed by atoms with van der Waals surface area (Å²) in [5.41, 5.74) is 6.61. The smallest absolute Gasteiger partial charge is 0.136 e. The van der Waals surface area contributed by atoms with Crippen LogP contribution in [0.4, 0.5) is 0 Å². The number of fused-ring (bicyclic) bond motifs is 14. The van der Waals surface area contributed by atoms with E-state index in [9.17, 15) is 0 Å². The number of benzene rings is 9. The molecule has 0 aliphatic carbocycles. The maximum Gasteiger partial charge on any atom is 0.136 e. The molecular weight excluding hydrogens is 544 g/mol. The molecule has 0 saturated heterocycles. The molecule has 1 heteroatoms. The predicted molar refractivity (Wildman–Crippen MR) is 192 cm³/mol. The van der Waals surface area contributed by atoms with Gasteiger partial charge in [-0.25, -0.2) is 0 Å². The van der Waals surface area contributed by atoms with Crippen molar-refractivity contribution in [2.75, 3.05) is 0 Å². The molecule has 1 aromatic heterocycles. The SMILES string of the molecule is c1ccc2c(c1)oc1cc(-c3ccc(-c4ccc5c(c4)c4ccccc4c4c6ccccc6c6ccccc6c54)cc3)ccc12. The minimum Gasteiger partial charge on any atom is -0.456 e. The van der Waals surface area contributed by atoms with Gasteiger partial charge in [0, 0.05) is 10.8 Å². The van der Waals surface area contributed by atoms with Crippen LogP contribution in [0, 0.1) is 0 Å². The Balaban J connectivity index is 1.16. The van der Waals surface area contributed by atoms with E-state index >= 15 is 0 Å². The Bertz CT molecular complexity index is 2800. The molecule has 1 nitrogen and oxygen atoms in total. The molecule has 45 heavy (non-hydrogen) atoms. The zero-order chi connectivity index (χ0) is 29.5. The van der Waals surface area contributed by atoms with Crippen LogP contribution in [0.1, 0.15) is 0 Å². The van der Waals surface area contributed by atoms with E-state index < -0.39 is 0 Å². The first-order valence-corrected chi connectivity index (χ1v) is 15.5. The highest BCUT2D eigenvalue weighted by Crippen LogP contribution is 2.44. The number of furan rings is 1. The first-order chi connectivity index (χ1) is 22.3. The first kappa shape index (κ1) is 24.5. The Hall–Kier alpha value is -5.92. The Labute approximate surface area is 259 Å². The van der Waals surface area contributed by atoms with Gasteiger partial charge in [0.05, 0.1) is 0 Å². The van der Waals surface area contributed by atoms with E-state index in [2.05, 4.69) is 146 Å². The monoisotopic (exact) mass is 570 g/mol. The van der Waals surface area contributed by atoms with E-state index in [0.717, 1.165) is 27.5 Å². The summed E-state index contributed by atoms with van der Waals surface area (Å²) in [7, 11) is 0. The summed E-state index contributed by atoms with van der Waals surface area (Å²) >= 11 is 0. The molecule has 1 heterocycles. The molecule has 208 valence electrons. The molecule has 0 unspecified atom stereocenters. The average molecular weight is 571 g/mol. The molecule has 9 aromatic carbocycles. The maximum absolute atomic E-state index is 6.16. The lowest BCUT2D eigenvalue weighted by atomic mass is 9.86. The predicted octanol–water partition coefficient (Wildman–Crippen LogP) is 12.7. The second kappa shape index (κ2) is 9.29. The fraction of sp³-hybridized carbons (Fsp3) is 0. The van der Waals surface area contributed by atoms with Crippen molar-refractivity contribution in [2.24, 2.45) is 0 Å². The normalized spacial score (nSPS) is 12.0. The summed E-state index contributed by atoms with van der Waals surface area (Å²) in [4.78, 5) is 0. The van der Waals surface area contributed by atoms with Crippen molar-refractivity contribution in [3.63, 3.8) is 0 Å². The Morgan fingerprint density at radius 2 is 0.622 bits per heavy atom. The van der Waals surface area contributed by atoms with Crippen LogP contribution >= 0.6 is 0 Å². The molecule has 0 aliphatic rings. The third-order valence-electron chi connectivity index (χ3n) is 9.64. The van der Waals surface area contributed by atoms with E-state index in [4.69, 9.17) is 4.42 Å². The van der Waals surface area contributed by atoms with Gasteiger partial charge in [-0.1, -0.05) is 133 Å². The van der Waals surface area contributed by atoms with Gasteiger partial charge in [0.15, 0.2) is 0 Å². The summed E-state index contributed by atoms with van der Waals surface area (Å²) < 4.78 is 6.16. The number of para-hydroxylation sites is 1. The second-order valence-electron chi connectivity index (χ2n) is 12.0. The first-order valence-electron chi connectivity index (χ1n) is 15.5. The van der Waals surface area contributed by atoms with Crippen LogP contribution in [0.2, 0.25) is 0 Å². The fourth-order valence-electron chi connectivity index (χ4n) is 7.56. The molecule has 0 spiro atoms. The van der Waals surface area contributed by atoms with Crippen molar-refractivity contribution < 1.29 is 4.42 Å². The zero-order valence-corrected chi connectivity index (χ0v) is 24.4. The van der Waals surface area contributed by atoms with Crippen LogP contribution in [0.25, 0.3) is 98.1 Å². The summed E-state index contributed by atoms with van der Waals surface area (Å²) in [5.74, 6) is 0. The van der Waals surface area contributed by atoms with Crippen molar-refractivity contribution in [1.29, 1.82) is 0 Å². The van der Waals surface area contributed by atoms with Gasteiger partial charge < -0.3 is 4.42 Å². The van der Waals surface area contributed by atoms with Gasteiger partial charge in [-0.2, -0.15) is 0 Å². The van der Waals surface area contributed by atoms with Gasteiger partial charge in [0.25, 0.3) is 0 Å². The highest BCUT2D eigenvalue weighted by molar-refractivity contribution is 6.39. The number of rotatable bonds is 2. The van der Waals surface area contributed by atoms with Crippen LogP contribution in [-0.2, 0) is 0 Å². The average Bonchev–Trinajstić information content (AvgIpc) is 3.49. The lowest BCUT2D eigenvalue weighted by molar-refractivity contribution is 0.669. The highest BCUT2D eigenvalue weighted by Gasteiger charge is 2.16. The summed E-state index contributed by atoms with van der Waals surface area (Å²) in [6.45, 7) is 0. The van der Waals surface area contributed by atoms with Crippen molar-refractivity contribution in [2.45, 2.75) is 0 Å². The Kier molecular flexibility index (Phi) is 5.06. The van der Waals surface area contributed by atoms with E-state index in [-0.39, 0.29) is 0 Å². The van der Waals surface area contributed by atoms with Gasteiger partial charge in [0.1, 0.15) is 11.2 Å². The van der Waals surface area contributed by atoms with E-state index in [1.807, 2.05) is 12.1 Å². The molecule has 0 atom stereocenters. The standard InChI is InChI=1S/C44H26O/c1-4-13-36-31(9-1)32-10-2-5-14-37(32)44-39-24-22-29(25-40(39)33-11-3-6-15-38(33)43(36)44)27-17-19-28(20-18-27)30-21-23-35-34-12-7-8-16-41(34)45-42(35)26-30/h1-26H. The molecule has 0 N–H and O–H groups in total. The van der Waals surface area contributed by atoms with Crippen LogP contribution in [0.5, 0.6) is 0 Å². The van der Waals surface area contributed by atoms with Crippen molar-refractivity contribution in [1.82, 2.24) is 0 Å². The molecular formula is C44H26O. The minimum absolute atomic E-state index is 0.923. The Morgan fingerprint density at radius 3 is 1.20 bits per heavy atom. The van der Waals surface area contributed by atoms with E-state index in [0.29, 0.717) is 0 Å². The number of hydrogen-bond donors (Lipinski definition) is 0. The fourth-order valence-corrected chi connectivity index (χ4v) is 7.56. The van der Waals surface area contributed by atoms with Crippen LogP contribution in [0.15, 0.2) is 162 Å². The third-order valence-corrected chi connectivity index (χ3v) is 9.64. The molecule has 10 aromatic rings.